The van der Waals surface area contributed by atoms with Crippen LogP contribution < -0.4 is 5.56 Å². The van der Waals surface area contributed by atoms with E-state index < -0.39 is 0 Å². The van der Waals surface area contributed by atoms with E-state index in [0.717, 1.165) is 62.8 Å². The molecule has 1 N–H and O–H groups in total. The Morgan fingerprint density at radius 1 is 1.00 bits per heavy atom. The minimum atomic E-state index is -0.291. The van der Waals surface area contributed by atoms with Crippen molar-refractivity contribution in [1.29, 1.82) is 0 Å². The molecule has 0 radical (unpaired) electrons. The third-order valence-corrected chi connectivity index (χ3v) is 9.37. The van der Waals surface area contributed by atoms with Crippen LogP contribution >= 0.6 is 0 Å². The number of aliphatic hydroxyl groups is 1. The number of likely N-dealkylation sites (N-methyl/N-ethyl adjacent to an activating group) is 1. The third kappa shape index (κ3) is 5.64. The molecule has 1 aliphatic heterocycles. The summed E-state index contributed by atoms with van der Waals surface area (Å²) in [5.41, 5.74) is 1.56. The quantitative estimate of drug-likeness (QED) is 0.648. The van der Waals surface area contributed by atoms with E-state index in [-0.39, 0.29) is 29.0 Å². The number of carbonyl (C=O) groups is 1. The smallest absolute Gasteiger partial charge is 0.255 e. The van der Waals surface area contributed by atoms with E-state index in [1.807, 2.05) is 42.3 Å². The number of aliphatic hydroxyl groups excluding tert-OH is 1. The lowest BCUT2D eigenvalue weighted by Crippen LogP contribution is -2.62. The predicted molar refractivity (Wildman–Crippen MR) is 147 cm³/mol. The van der Waals surface area contributed by atoms with Crippen molar-refractivity contribution in [1.82, 2.24) is 19.3 Å². The van der Waals surface area contributed by atoms with Gasteiger partial charge in [-0.1, -0.05) is 37.5 Å². The fourth-order valence-electron chi connectivity index (χ4n) is 7.02. The van der Waals surface area contributed by atoms with Crippen LogP contribution in [0.5, 0.6) is 0 Å². The summed E-state index contributed by atoms with van der Waals surface area (Å²) in [6.07, 6.45) is 8.41. The summed E-state index contributed by atoms with van der Waals surface area (Å²) in [4.78, 5) is 34.7. The zero-order chi connectivity index (χ0) is 26.0. The van der Waals surface area contributed by atoms with Gasteiger partial charge in [0, 0.05) is 56.8 Å². The molecule has 3 fully saturated rings. The summed E-state index contributed by atoms with van der Waals surface area (Å²) >= 11 is 0. The van der Waals surface area contributed by atoms with E-state index in [4.69, 9.17) is 0 Å². The average molecular weight is 509 g/mol. The van der Waals surface area contributed by atoms with Gasteiger partial charge in [-0.2, -0.15) is 0 Å². The van der Waals surface area contributed by atoms with Crippen molar-refractivity contribution in [3.63, 3.8) is 0 Å². The molecule has 0 atom stereocenters. The molecule has 37 heavy (non-hydrogen) atoms. The molecule has 0 spiro atoms. The predicted octanol–water partition coefficient (Wildman–Crippen LogP) is 3.37. The fraction of sp³-hybridized carbons (Fsp3) is 0.667. The third-order valence-electron chi connectivity index (χ3n) is 9.37. The molecule has 1 amide bonds. The van der Waals surface area contributed by atoms with E-state index in [9.17, 15) is 14.7 Å². The maximum Gasteiger partial charge on any atom is 0.255 e. The summed E-state index contributed by atoms with van der Waals surface area (Å²) in [5, 5.41) is 11.1. The van der Waals surface area contributed by atoms with E-state index in [0.29, 0.717) is 31.5 Å². The van der Waals surface area contributed by atoms with Gasteiger partial charge in [-0.25, -0.2) is 0 Å². The highest BCUT2D eigenvalue weighted by Gasteiger charge is 2.42. The van der Waals surface area contributed by atoms with E-state index in [2.05, 4.69) is 16.8 Å². The summed E-state index contributed by atoms with van der Waals surface area (Å²) < 4.78 is 1.72. The van der Waals surface area contributed by atoms with Gasteiger partial charge >= 0.3 is 0 Å². The van der Waals surface area contributed by atoms with E-state index >= 15 is 0 Å². The molecular formula is C30H44N4O3. The maximum atomic E-state index is 14.1. The number of benzene rings is 1. The first-order valence-electron chi connectivity index (χ1n) is 14.3. The van der Waals surface area contributed by atoms with Gasteiger partial charge in [0.2, 0.25) is 5.91 Å². The van der Waals surface area contributed by atoms with E-state index in [1.165, 1.54) is 19.3 Å². The lowest BCUT2D eigenvalue weighted by Gasteiger charge is -2.51. The van der Waals surface area contributed by atoms with Gasteiger partial charge in [0.25, 0.3) is 5.56 Å². The highest BCUT2D eigenvalue weighted by atomic mass is 16.3. The second-order valence-electron chi connectivity index (χ2n) is 11.9. The summed E-state index contributed by atoms with van der Waals surface area (Å²) in [7, 11) is 4.02. The number of piperazine rings is 1. The minimum Gasteiger partial charge on any atom is -0.393 e. The van der Waals surface area contributed by atoms with Crippen molar-refractivity contribution in [3.05, 3.63) is 46.2 Å². The van der Waals surface area contributed by atoms with Crippen LogP contribution in [0.25, 0.3) is 10.9 Å². The van der Waals surface area contributed by atoms with Crippen molar-refractivity contribution in [3.8, 4) is 0 Å². The Hall–Kier alpha value is -2.22. The Labute approximate surface area is 221 Å². The highest BCUT2D eigenvalue weighted by Crippen LogP contribution is 2.37. The van der Waals surface area contributed by atoms with Crippen LogP contribution in [-0.4, -0.2) is 81.7 Å². The van der Waals surface area contributed by atoms with Crippen molar-refractivity contribution >= 4 is 16.8 Å². The molecule has 2 aliphatic carbocycles. The Balaban J connectivity index is 1.48. The number of hydrogen-bond donors (Lipinski definition) is 1. The number of hydrogen-bond acceptors (Lipinski definition) is 5. The molecule has 202 valence electrons. The van der Waals surface area contributed by atoms with Crippen LogP contribution in [0.1, 0.15) is 63.4 Å². The van der Waals surface area contributed by atoms with Crippen LogP contribution in [0.3, 0.4) is 0 Å². The molecule has 0 bridgehead atoms. The van der Waals surface area contributed by atoms with Crippen LogP contribution in [0.2, 0.25) is 0 Å². The summed E-state index contributed by atoms with van der Waals surface area (Å²) in [5.74, 6) is 0.0991. The fourth-order valence-corrected chi connectivity index (χ4v) is 7.02. The van der Waals surface area contributed by atoms with Gasteiger partial charge in [-0.05, 0) is 63.1 Å². The van der Waals surface area contributed by atoms with Crippen LogP contribution in [0.15, 0.2) is 35.1 Å². The first-order valence-corrected chi connectivity index (χ1v) is 14.3. The minimum absolute atomic E-state index is 0.0205. The Morgan fingerprint density at radius 2 is 1.68 bits per heavy atom. The first-order chi connectivity index (χ1) is 17.9. The average Bonchev–Trinajstić information content (AvgIpc) is 2.92. The van der Waals surface area contributed by atoms with Gasteiger partial charge in [-0.15, -0.1) is 0 Å². The number of amides is 1. The molecule has 5 rings (SSSR count). The molecule has 1 saturated heterocycles. The number of fused-ring (bicyclic) bond motifs is 1. The molecule has 7 nitrogen and oxygen atoms in total. The van der Waals surface area contributed by atoms with Crippen LogP contribution in [0, 0.1) is 5.92 Å². The first kappa shape index (κ1) is 26.4. The Kier molecular flexibility index (Phi) is 8.03. The zero-order valence-electron chi connectivity index (χ0n) is 22.7. The molecule has 3 aliphatic rings. The second-order valence-corrected chi connectivity index (χ2v) is 11.9. The number of aryl methyl sites for hydroxylation is 1. The molecule has 2 heterocycles. The number of aromatic nitrogens is 1. The summed E-state index contributed by atoms with van der Waals surface area (Å²) in [6, 6.07) is 9.96. The maximum absolute atomic E-state index is 14.1. The molecular weight excluding hydrogens is 464 g/mol. The molecule has 7 heteroatoms. The van der Waals surface area contributed by atoms with Gasteiger partial charge < -0.3 is 19.5 Å². The largest absolute Gasteiger partial charge is 0.393 e. The number of rotatable bonds is 6. The lowest BCUT2D eigenvalue weighted by atomic mass is 9.78. The number of nitrogens with zero attached hydrogens (tertiary/aromatic N) is 4. The highest BCUT2D eigenvalue weighted by molar-refractivity contribution is 5.81. The Bertz CT molecular complexity index is 1140. The van der Waals surface area contributed by atoms with Crippen molar-refractivity contribution in [2.24, 2.45) is 13.0 Å². The topological polar surface area (TPSA) is 69.0 Å². The number of para-hydroxylation sites is 1. The van der Waals surface area contributed by atoms with Gasteiger partial charge in [0.15, 0.2) is 0 Å². The van der Waals surface area contributed by atoms with E-state index in [1.54, 1.807) is 4.57 Å². The SMILES string of the molecule is CN1CCN(C2(CN(Cc3cc4ccccc4n(C)c3=O)C(=O)C3CCC(O)CC3)CCCCC2)CC1. The van der Waals surface area contributed by atoms with Crippen molar-refractivity contribution in [2.45, 2.75) is 76.0 Å². The molecule has 1 aromatic heterocycles. The van der Waals surface area contributed by atoms with Gasteiger partial charge in [0.1, 0.15) is 0 Å². The lowest BCUT2D eigenvalue weighted by molar-refractivity contribution is -0.141. The normalized spacial score (nSPS) is 25.3. The number of carbonyl (C=O) groups excluding carboxylic acids is 1. The molecule has 2 saturated carbocycles. The number of pyridine rings is 1. The zero-order valence-corrected chi connectivity index (χ0v) is 22.7. The van der Waals surface area contributed by atoms with Crippen molar-refractivity contribution in [2.75, 3.05) is 39.8 Å². The Morgan fingerprint density at radius 3 is 2.38 bits per heavy atom. The summed E-state index contributed by atoms with van der Waals surface area (Å²) in [6.45, 7) is 5.22. The van der Waals surface area contributed by atoms with Crippen molar-refractivity contribution < 1.29 is 9.90 Å². The van der Waals surface area contributed by atoms with Crippen LogP contribution in [-0.2, 0) is 18.4 Å². The monoisotopic (exact) mass is 508 g/mol. The van der Waals surface area contributed by atoms with Crippen LogP contribution in [0.4, 0.5) is 0 Å². The standard InChI is InChI=1S/C30H44N4O3/c1-31-16-18-34(19-17-31)30(14-6-3-7-15-30)22-33(29(37)23-10-12-26(35)13-11-23)21-25-20-24-8-4-5-9-27(24)32(2)28(25)36/h4-5,8-9,20,23,26,35H,3,6-7,10-19,21-22H2,1-2H3. The molecule has 0 unspecified atom stereocenters. The molecule has 1 aromatic carbocycles. The van der Waals surface area contributed by atoms with Gasteiger partial charge in [-0.3, -0.25) is 14.5 Å². The van der Waals surface area contributed by atoms with Gasteiger partial charge in [0.05, 0.1) is 18.2 Å². The molecule has 2 aromatic rings. The second kappa shape index (κ2) is 11.3.